The first-order valence-electron chi connectivity index (χ1n) is 6.53. The predicted molar refractivity (Wildman–Crippen MR) is 79.5 cm³/mol. The fourth-order valence-electron chi connectivity index (χ4n) is 2.51. The second-order valence-electron chi connectivity index (χ2n) is 5.28. The fourth-order valence-corrected chi connectivity index (χ4v) is 2.67. The quantitative estimate of drug-likeness (QED) is 0.837. The maximum absolute atomic E-state index is 6.12. The highest BCUT2D eigenvalue weighted by Crippen LogP contribution is 2.30. The number of aryl methyl sites for hydroxylation is 1. The lowest BCUT2D eigenvalue weighted by Crippen LogP contribution is -2.49. The summed E-state index contributed by atoms with van der Waals surface area (Å²) in [5, 5.41) is 0.655. The molecule has 0 unspecified atom stereocenters. The van der Waals surface area contributed by atoms with Crippen molar-refractivity contribution in [1.82, 2.24) is 4.90 Å². The van der Waals surface area contributed by atoms with Crippen LogP contribution in [0.3, 0.4) is 0 Å². The van der Waals surface area contributed by atoms with Crippen LogP contribution in [0.15, 0.2) is 12.1 Å². The molecule has 100 valence electrons. The van der Waals surface area contributed by atoms with Gasteiger partial charge >= 0.3 is 0 Å². The zero-order chi connectivity index (χ0) is 13.3. The van der Waals surface area contributed by atoms with E-state index in [0.717, 1.165) is 26.2 Å². The Balaban J connectivity index is 2.12. The second-order valence-corrected chi connectivity index (χ2v) is 5.68. The molecule has 0 radical (unpaired) electrons. The van der Waals surface area contributed by atoms with Gasteiger partial charge in [0.15, 0.2) is 0 Å². The molecule has 0 spiro atoms. The number of hydrogen-bond acceptors (Lipinski definition) is 3. The van der Waals surface area contributed by atoms with Crippen LogP contribution in [0, 0.1) is 6.92 Å². The summed E-state index contributed by atoms with van der Waals surface area (Å²) in [6.07, 6.45) is 0. The molecule has 0 atom stereocenters. The number of rotatable bonds is 2. The Labute approximate surface area is 115 Å². The van der Waals surface area contributed by atoms with Gasteiger partial charge in [0.25, 0.3) is 0 Å². The summed E-state index contributed by atoms with van der Waals surface area (Å²) in [6.45, 7) is 10.9. The van der Waals surface area contributed by atoms with Crippen LogP contribution in [0.25, 0.3) is 0 Å². The Kier molecular flexibility index (Phi) is 4.03. The lowest BCUT2D eigenvalue weighted by molar-refractivity contribution is 0.209. The van der Waals surface area contributed by atoms with E-state index in [1.807, 2.05) is 12.1 Å². The molecule has 4 heteroatoms. The molecule has 1 heterocycles. The van der Waals surface area contributed by atoms with E-state index < -0.39 is 0 Å². The van der Waals surface area contributed by atoms with Crippen molar-refractivity contribution in [2.24, 2.45) is 0 Å². The fraction of sp³-hybridized carbons (Fsp3) is 0.571. The van der Waals surface area contributed by atoms with Crippen LogP contribution in [0.5, 0.6) is 0 Å². The molecule has 1 aromatic carbocycles. The zero-order valence-electron chi connectivity index (χ0n) is 11.4. The number of hydrogen-bond donors (Lipinski definition) is 1. The van der Waals surface area contributed by atoms with Gasteiger partial charge in [-0.1, -0.05) is 11.6 Å². The number of halogens is 1. The van der Waals surface area contributed by atoms with Gasteiger partial charge in [-0.05, 0) is 38.5 Å². The Bertz CT molecular complexity index is 423. The normalized spacial score (nSPS) is 17.5. The monoisotopic (exact) mass is 267 g/mol. The molecular weight excluding hydrogens is 246 g/mol. The van der Waals surface area contributed by atoms with E-state index in [0.29, 0.717) is 16.8 Å². The SMILES string of the molecule is Cc1cc(N)c(Cl)cc1N1CCN(C(C)C)CC1. The van der Waals surface area contributed by atoms with Gasteiger partial charge in [-0.3, -0.25) is 4.90 Å². The molecule has 18 heavy (non-hydrogen) atoms. The lowest BCUT2D eigenvalue weighted by Gasteiger charge is -2.38. The Morgan fingerprint density at radius 2 is 1.78 bits per heavy atom. The van der Waals surface area contributed by atoms with E-state index in [-0.39, 0.29) is 0 Å². The molecule has 0 aliphatic carbocycles. The second kappa shape index (κ2) is 5.37. The van der Waals surface area contributed by atoms with E-state index in [9.17, 15) is 0 Å². The van der Waals surface area contributed by atoms with Gasteiger partial charge in [0.05, 0.1) is 10.7 Å². The molecule has 3 nitrogen and oxygen atoms in total. The number of anilines is 2. The van der Waals surface area contributed by atoms with Crippen molar-refractivity contribution in [3.63, 3.8) is 0 Å². The largest absolute Gasteiger partial charge is 0.398 e. The summed E-state index contributed by atoms with van der Waals surface area (Å²) in [7, 11) is 0. The molecule has 1 saturated heterocycles. The summed E-state index contributed by atoms with van der Waals surface area (Å²) in [5.74, 6) is 0. The maximum Gasteiger partial charge on any atom is 0.0656 e. The van der Waals surface area contributed by atoms with Gasteiger partial charge in [0.2, 0.25) is 0 Å². The van der Waals surface area contributed by atoms with Gasteiger partial charge in [-0.25, -0.2) is 0 Å². The molecule has 1 aliphatic heterocycles. The van der Waals surface area contributed by atoms with Crippen molar-refractivity contribution in [2.45, 2.75) is 26.8 Å². The van der Waals surface area contributed by atoms with E-state index in [2.05, 4.69) is 30.6 Å². The average Bonchev–Trinajstić information content (AvgIpc) is 2.34. The molecule has 2 N–H and O–H groups in total. The minimum Gasteiger partial charge on any atom is -0.398 e. The van der Waals surface area contributed by atoms with Gasteiger partial charge in [-0.2, -0.15) is 0 Å². The van der Waals surface area contributed by atoms with Gasteiger partial charge in [-0.15, -0.1) is 0 Å². The third kappa shape index (κ3) is 2.73. The number of nitrogens with two attached hydrogens (primary N) is 1. The van der Waals surface area contributed by atoms with Crippen LogP contribution >= 0.6 is 11.6 Å². The Morgan fingerprint density at radius 1 is 1.17 bits per heavy atom. The first-order chi connectivity index (χ1) is 8.49. The van der Waals surface area contributed by atoms with Crippen LogP contribution in [-0.4, -0.2) is 37.1 Å². The maximum atomic E-state index is 6.12. The first-order valence-corrected chi connectivity index (χ1v) is 6.91. The lowest BCUT2D eigenvalue weighted by atomic mass is 10.1. The average molecular weight is 268 g/mol. The van der Waals surface area contributed by atoms with E-state index in [4.69, 9.17) is 17.3 Å². The van der Waals surface area contributed by atoms with E-state index >= 15 is 0 Å². The van der Waals surface area contributed by atoms with Crippen LogP contribution in [0.1, 0.15) is 19.4 Å². The van der Waals surface area contributed by atoms with Crippen molar-refractivity contribution in [2.75, 3.05) is 36.8 Å². The summed E-state index contributed by atoms with van der Waals surface area (Å²) >= 11 is 6.12. The summed E-state index contributed by atoms with van der Waals surface area (Å²) in [5.41, 5.74) is 8.91. The van der Waals surface area contributed by atoms with Crippen LogP contribution < -0.4 is 10.6 Å². The van der Waals surface area contributed by atoms with Gasteiger partial charge < -0.3 is 10.6 Å². The van der Waals surface area contributed by atoms with Crippen LogP contribution in [-0.2, 0) is 0 Å². The number of benzene rings is 1. The van der Waals surface area contributed by atoms with Crippen molar-refractivity contribution >= 4 is 23.0 Å². The topological polar surface area (TPSA) is 32.5 Å². The Hall–Kier alpha value is -0.930. The van der Waals surface area contributed by atoms with E-state index in [1.54, 1.807) is 0 Å². The molecule has 2 rings (SSSR count). The molecule has 0 aromatic heterocycles. The smallest absolute Gasteiger partial charge is 0.0656 e. The summed E-state index contributed by atoms with van der Waals surface area (Å²) in [4.78, 5) is 4.91. The summed E-state index contributed by atoms with van der Waals surface area (Å²) in [6, 6.07) is 4.59. The summed E-state index contributed by atoms with van der Waals surface area (Å²) < 4.78 is 0. The van der Waals surface area contributed by atoms with Gasteiger partial charge in [0, 0.05) is 37.9 Å². The molecule has 1 aromatic rings. The molecule has 1 aliphatic rings. The highest BCUT2D eigenvalue weighted by Gasteiger charge is 2.20. The Morgan fingerprint density at radius 3 is 2.33 bits per heavy atom. The standard InChI is InChI=1S/C14H22ClN3/c1-10(2)17-4-6-18(7-5-17)14-9-12(15)13(16)8-11(14)3/h8-10H,4-7,16H2,1-3H3. The van der Waals surface area contributed by atoms with Gasteiger partial charge in [0.1, 0.15) is 0 Å². The zero-order valence-corrected chi connectivity index (χ0v) is 12.2. The molecule has 1 fully saturated rings. The molecule has 0 bridgehead atoms. The van der Waals surface area contributed by atoms with Crippen molar-refractivity contribution in [3.05, 3.63) is 22.7 Å². The van der Waals surface area contributed by atoms with E-state index in [1.165, 1.54) is 11.3 Å². The van der Waals surface area contributed by atoms with Crippen molar-refractivity contribution in [3.8, 4) is 0 Å². The first kappa shape index (κ1) is 13.5. The highest BCUT2D eigenvalue weighted by atomic mass is 35.5. The third-order valence-corrected chi connectivity index (χ3v) is 4.03. The molecular formula is C14H22ClN3. The minimum absolute atomic E-state index is 0.628. The number of piperazine rings is 1. The molecule has 0 saturated carbocycles. The number of nitrogens with zero attached hydrogens (tertiary/aromatic N) is 2. The van der Waals surface area contributed by atoms with Crippen LogP contribution in [0.4, 0.5) is 11.4 Å². The minimum atomic E-state index is 0.628. The predicted octanol–water partition coefficient (Wildman–Crippen LogP) is 2.76. The third-order valence-electron chi connectivity index (χ3n) is 3.70. The number of nitrogen functional groups attached to an aromatic ring is 1. The van der Waals surface area contributed by atoms with Crippen molar-refractivity contribution in [1.29, 1.82) is 0 Å². The van der Waals surface area contributed by atoms with Crippen molar-refractivity contribution < 1.29 is 0 Å². The highest BCUT2D eigenvalue weighted by molar-refractivity contribution is 6.33. The molecule has 0 amide bonds. The van der Waals surface area contributed by atoms with Crippen LogP contribution in [0.2, 0.25) is 5.02 Å².